The molecule has 1 fully saturated rings. The van der Waals surface area contributed by atoms with E-state index < -0.39 is 0 Å². The van der Waals surface area contributed by atoms with Gasteiger partial charge in [0.1, 0.15) is 0 Å². The summed E-state index contributed by atoms with van der Waals surface area (Å²) < 4.78 is 0. The first kappa shape index (κ1) is 11.2. The van der Waals surface area contributed by atoms with Crippen molar-refractivity contribution in [2.75, 3.05) is 39.4 Å². The van der Waals surface area contributed by atoms with Crippen molar-refractivity contribution in [1.29, 1.82) is 0 Å². The van der Waals surface area contributed by atoms with Gasteiger partial charge in [0.15, 0.2) is 0 Å². The second kappa shape index (κ2) is 5.17. The molecular formula is C14H21N3. The first-order valence-electron chi connectivity index (χ1n) is 6.64. The molecule has 0 bridgehead atoms. The van der Waals surface area contributed by atoms with Crippen molar-refractivity contribution in [3.8, 4) is 0 Å². The van der Waals surface area contributed by atoms with E-state index in [1.165, 1.54) is 31.6 Å². The highest BCUT2D eigenvalue weighted by atomic mass is 15.3. The molecule has 0 spiro atoms. The van der Waals surface area contributed by atoms with Crippen molar-refractivity contribution in [3.63, 3.8) is 0 Å². The molecule has 17 heavy (non-hydrogen) atoms. The van der Waals surface area contributed by atoms with Crippen molar-refractivity contribution in [3.05, 3.63) is 35.4 Å². The number of benzene rings is 1. The second-order valence-corrected chi connectivity index (χ2v) is 5.08. The minimum absolute atomic E-state index is 1.13. The Balaban J connectivity index is 1.60. The third kappa shape index (κ3) is 2.68. The summed E-state index contributed by atoms with van der Waals surface area (Å²) in [5, 5.41) is 3.41. The van der Waals surface area contributed by atoms with E-state index in [1.807, 2.05) is 0 Å². The molecule has 1 saturated heterocycles. The van der Waals surface area contributed by atoms with Crippen molar-refractivity contribution in [2.45, 2.75) is 13.0 Å². The first-order valence-corrected chi connectivity index (χ1v) is 6.64. The molecule has 1 aromatic carbocycles. The van der Waals surface area contributed by atoms with Crippen molar-refractivity contribution >= 4 is 0 Å². The topological polar surface area (TPSA) is 18.5 Å². The summed E-state index contributed by atoms with van der Waals surface area (Å²) in [6, 6.07) is 8.87. The second-order valence-electron chi connectivity index (χ2n) is 5.08. The van der Waals surface area contributed by atoms with Gasteiger partial charge in [-0.3, -0.25) is 9.80 Å². The quantitative estimate of drug-likeness (QED) is 0.816. The first-order chi connectivity index (χ1) is 8.42. The fraction of sp³-hybridized carbons (Fsp3) is 0.571. The Morgan fingerprint density at radius 3 is 2.53 bits per heavy atom. The van der Waals surface area contributed by atoms with Crippen LogP contribution in [-0.2, 0) is 13.0 Å². The highest BCUT2D eigenvalue weighted by molar-refractivity contribution is 5.28. The maximum atomic E-state index is 3.41. The maximum absolute atomic E-state index is 3.41. The smallest absolute Gasteiger partial charge is 0.0510 e. The number of nitrogens with one attached hydrogen (secondary N) is 1. The number of hydrogen-bond donors (Lipinski definition) is 1. The molecule has 0 amide bonds. The minimum atomic E-state index is 1.13. The van der Waals surface area contributed by atoms with Gasteiger partial charge in [-0.05, 0) is 17.5 Å². The van der Waals surface area contributed by atoms with Crippen molar-refractivity contribution in [2.24, 2.45) is 0 Å². The van der Waals surface area contributed by atoms with Gasteiger partial charge in [-0.15, -0.1) is 0 Å². The summed E-state index contributed by atoms with van der Waals surface area (Å²) in [5.41, 5.74) is 3.07. The van der Waals surface area contributed by atoms with Gasteiger partial charge >= 0.3 is 0 Å². The van der Waals surface area contributed by atoms with Gasteiger partial charge < -0.3 is 5.32 Å². The van der Waals surface area contributed by atoms with Gasteiger partial charge in [0.05, 0.1) is 6.67 Å². The van der Waals surface area contributed by atoms with Crippen LogP contribution in [0.15, 0.2) is 24.3 Å². The molecule has 0 aromatic heterocycles. The molecule has 2 aliphatic heterocycles. The fourth-order valence-electron chi connectivity index (χ4n) is 2.81. The van der Waals surface area contributed by atoms with Crippen LogP contribution in [0.5, 0.6) is 0 Å². The predicted molar refractivity (Wildman–Crippen MR) is 69.9 cm³/mol. The van der Waals surface area contributed by atoms with E-state index in [1.54, 1.807) is 5.56 Å². The van der Waals surface area contributed by atoms with Gasteiger partial charge in [-0.25, -0.2) is 0 Å². The fourth-order valence-corrected chi connectivity index (χ4v) is 2.81. The number of rotatable bonds is 2. The number of nitrogens with zero attached hydrogens (tertiary/aromatic N) is 2. The minimum Gasteiger partial charge on any atom is -0.314 e. The van der Waals surface area contributed by atoms with Crippen LogP contribution in [-0.4, -0.2) is 49.2 Å². The molecule has 3 nitrogen and oxygen atoms in total. The average Bonchev–Trinajstić information content (AvgIpc) is 2.40. The van der Waals surface area contributed by atoms with Gasteiger partial charge in [0.2, 0.25) is 0 Å². The molecule has 0 unspecified atom stereocenters. The highest BCUT2D eigenvalue weighted by Gasteiger charge is 2.18. The molecular weight excluding hydrogens is 210 g/mol. The zero-order valence-electron chi connectivity index (χ0n) is 10.4. The molecule has 2 heterocycles. The lowest BCUT2D eigenvalue weighted by molar-refractivity contribution is 0.109. The Bertz CT molecular complexity index is 371. The molecule has 3 heteroatoms. The summed E-state index contributed by atoms with van der Waals surface area (Å²) in [5.74, 6) is 0. The van der Waals surface area contributed by atoms with E-state index in [2.05, 4.69) is 39.4 Å². The zero-order chi connectivity index (χ0) is 11.5. The summed E-state index contributed by atoms with van der Waals surface area (Å²) in [7, 11) is 0. The van der Waals surface area contributed by atoms with Crippen LogP contribution in [0.1, 0.15) is 11.1 Å². The van der Waals surface area contributed by atoms with Crippen molar-refractivity contribution in [1.82, 2.24) is 15.1 Å². The normalized spacial score (nSPS) is 22.4. The summed E-state index contributed by atoms with van der Waals surface area (Å²) in [4.78, 5) is 5.14. The molecule has 1 aromatic rings. The van der Waals surface area contributed by atoms with Crippen LogP contribution in [0.3, 0.4) is 0 Å². The van der Waals surface area contributed by atoms with E-state index in [0.717, 1.165) is 26.3 Å². The van der Waals surface area contributed by atoms with Crippen LogP contribution < -0.4 is 5.32 Å². The lowest BCUT2D eigenvalue weighted by atomic mass is 10.0. The Hall–Kier alpha value is -0.900. The van der Waals surface area contributed by atoms with E-state index in [-0.39, 0.29) is 0 Å². The maximum Gasteiger partial charge on any atom is 0.0510 e. The van der Waals surface area contributed by atoms with E-state index in [0.29, 0.717) is 0 Å². The SMILES string of the molecule is c1ccc2c(c1)CCN(CN1CCNCC1)C2. The van der Waals surface area contributed by atoms with Gasteiger partial charge in [-0.1, -0.05) is 24.3 Å². The lowest BCUT2D eigenvalue weighted by Gasteiger charge is -2.35. The molecule has 92 valence electrons. The Labute approximate surface area is 103 Å². The van der Waals surface area contributed by atoms with Crippen molar-refractivity contribution < 1.29 is 0 Å². The van der Waals surface area contributed by atoms with Crippen LogP contribution in [0.25, 0.3) is 0 Å². The van der Waals surface area contributed by atoms with Crippen LogP contribution in [0, 0.1) is 0 Å². The Kier molecular flexibility index (Phi) is 3.41. The zero-order valence-corrected chi connectivity index (χ0v) is 10.4. The standard InChI is InChI=1S/C14H21N3/c1-2-4-14-11-17(8-5-13(14)3-1)12-16-9-6-15-7-10-16/h1-4,15H,5-12H2. The summed E-state index contributed by atoms with van der Waals surface area (Å²) in [6.45, 7) is 8.14. The number of piperazine rings is 1. The Morgan fingerprint density at radius 1 is 0.941 bits per heavy atom. The summed E-state index contributed by atoms with van der Waals surface area (Å²) >= 11 is 0. The van der Waals surface area contributed by atoms with Crippen LogP contribution in [0.4, 0.5) is 0 Å². The molecule has 0 aliphatic carbocycles. The third-order valence-corrected chi connectivity index (χ3v) is 3.82. The molecule has 0 atom stereocenters. The molecule has 3 rings (SSSR count). The Morgan fingerprint density at radius 2 is 1.71 bits per heavy atom. The number of fused-ring (bicyclic) bond motifs is 1. The van der Waals surface area contributed by atoms with E-state index in [9.17, 15) is 0 Å². The van der Waals surface area contributed by atoms with Crippen LogP contribution >= 0.6 is 0 Å². The molecule has 0 radical (unpaired) electrons. The molecule has 0 saturated carbocycles. The highest BCUT2D eigenvalue weighted by Crippen LogP contribution is 2.18. The van der Waals surface area contributed by atoms with Gasteiger partial charge in [0, 0.05) is 39.3 Å². The average molecular weight is 231 g/mol. The largest absolute Gasteiger partial charge is 0.314 e. The van der Waals surface area contributed by atoms with Gasteiger partial charge in [-0.2, -0.15) is 0 Å². The van der Waals surface area contributed by atoms with Gasteiger partial charge in [0.25, 0.3) is 0 Å². The van der Waals surface area contributed by atoms with Crippen LogP contribution in [0.2, 0.25) is 0 Å². The number of hydrogen-bond acceptors (Lipinski definition) is 3. The molecule has 2 aliphatic rings. The van der Waals surface area contributed by atoms with E-state index in [4.69, 9.17) is 0 Å². The van der Waals surface area contributed by atoms with E-state index >= 15 is 0 Å². The third-order valence-electron chi connectivity index (χ3n) is 3.82. The monoisotopic (exact) mass is 231 g/mol. The lowest BCUT2D eigenvalue weighted by Crippen LogP contribution is -2.49. The summed E-state index contributed by atoms with van der Waals surface area (Å²) in [6.07, 6.45) is 1.21. The molecule has 1 N–H and O–H groups in total. The predicted octanol–water partition coefficient (Wildman–Crippen LogP) is 0.907.